The fraction of sp³-hybridized carbons (Fsp3) is 0.154. The predicted molar refractivity (Wildman–Crippen MR) is 77.7 cm³/mol. The monoisotopic (exact) mass is 325 g/mol. The van der Waals surface area contributed by atoms with Crippen molar-refractivity contribution in [1.82, 2.24) is 0 Å². The quantitative estimate of drug-likeness (QED) is 0.923. The second-order valence-electron chi connectivity index (χ2n) is 3.71. The maximum absolute atomic E-state index is 12.1. The van der Waals surface area contributed by atoms with E-state index in [0.717, 1.165) is 15.7 Å². The lowest BCUT2D eigenvalue weighted by Gasteiger charge is -2.09. The molecule has 0 bridgehead atoms. The molecule has 1 aromatic carbocycles. The number of amides is 1. The van der Waals surface area contributed by atoms with Gasteiger partial charge in [0.15, 0.2) is 0 Å². The zero-order chi connectivity index (χ0) is 13.1. The molecule has 94 valence electrons. The van der Waals surface area contributed by atoms with Gasteiger partial charge in [-0.2, -0.15) is 0 Å². The summed E-state index contributed by atoms with van der Waals surface area (Å²) < 4.78 is 6.03. The predicted octanol–water partition coefficient (Wildman–Crippen LogP) is 4.08. The van der Waals surface area contributed by atoms with Crippen LogP contribution in [0.2, 0.25) is 0 Å². The van der Waals surface area contributed by atoms with Crippen molar-refractivity contribution in [2.24, 2.45) is 0 Å². The number of thiophene rings is 1. The Bertz CT molecular complexity index is 580. The molecule has 2 rings (SSSR count). The lowest BCUT2D eigenvalue weighted by atomic mass is 10.2. The van der Waals surface area contributed by atoms with Gasteiger partial charge in [0.25, 0.3) is 5.91 Å². The summed E-state index contributed by atoms with van der Waals surface area (Å²) >= 11 is 4.82. The van der Waals surface area contributed by atoms with Gasteiger partial charge in [-0.05, 0) is 45.9 Å². The number of nitrogens with one attached hydrogen (secondary N) is 1. The van der Waals surface area contributed by atoms with Crippen molar-refractivity contribution in [1.29, 1.82) is 0 Å². The Hall–Kier alpha value is -1.33. The molecule has 1 aromatic heterocycles. The van der Waals surface area contributed by atoms with Gasteiger partial charge < -0.3 is 10.1 Å². The Morgan fingerprint density at radius 2 is 2.17 bits per heavy atom. The van der Waals surface area contributed by atoms with Gasteiger partial charge in [0.1, 0.15) is 10.6 Å². The smallest absolute Gasteiger partial charge is 0.269 e. The summed E-state index contributed by atoms with van der Waals surface area (Å²) in [5.41, 5.74) is 1.83. The van der Waals surface area contributed by atoms with E-state index < -0.39 is 0 Å². The van der Waals surface area contributed by atoms with Crippen LogP contribution in [0.4, 0.5) is 5.69 Å². The van der Waals surface area contributed by atoms with Crippen molar-refractivity contribution in [2.75, 3.05) is 12.4 Å². The first-order chi connectivity index (χ1) is 8.63. The van der Waals surface area contributed by atoms with Crippen LogP contribution in [-0.4, -0.2) is 13.0 Å². The number of rotatable bonds is 3. The maximum Gasteiger partial charge on any atom is 0.269 e. The zero-order valence-electron chi connectivity index (χ0n) is 9.99. The summed E-state index contributed by atoms with van der Waals surface area (Å²) in [4.78, 5) is 12.7. The molecule has 0 aliphatic rings. The molecule has 0 unspecified atom stereocenters. The number of aryl methyl sites for hydroxylation is 1. The third-order valence-electron chi connectivity index (χ3n) is 2.50. The highest BCUT2D eigenvalue weighted by molar-refractivity contribution is 9.10. The van der Waals surface area contributed by atoms with E-state index in [0.29, 0.717) is 10.6 Å². The topological polar surface area (TPSA) is 38.3 Å². The van der Waals surface area contributed by atoms with Crippen molar-refractivity contribution in [3.63, 3.8) is 0 Å². The summed E-state index contributed by atoms with van der Waals surface area (Å²) in [6.07, 6.45) is 0. The summed E-state index contributed by atoms with van der Waals surface area (Å²) in [6.45, 7) is 1.98. The second kappa shape index (κ2) is 5.54. The van der Waals surface area contributed by atoms with Gasteiger partial charge in [-0.1, -0.05) is 12.1 Å². The molecule has 3 nitrogen and oxygen atoms in total. The molecule has 18 heavy (non-hydrogen) atoms. The van der Waals surface area contributed by atoms with E-state index in [2.05, 4.69) is 21.2 Å². The van der Waals surface area contributed by atoms with Crippen LogP contribution in [0.15, 0.2) is 34.1 Å². The lowest BCUT2D eigenvalue weighted by molar-refractivity contribution is 0.102. The van der Waals surface area contributed by atoms with E-state index in [9.17, 15) is 4.79 Å². The average Bonchev–Trinajstić information content (AvgIpc) is 2.83. The maximum atomic E-state index is 12.1. The lowest BCUT2D eigenvalue weighted by Crippen LogP contribution is -2.11. The van der Waals surface area contributed by atoms with Crippen molar-refractivity contribution in [2.45, 2.75) is 6.92 Å². The second-order valence-corrected chi connectivity index (χ2v) is 5.42. The molecule has 0 spiro atoms. The number of halogens is 1. The third-order valence-corrected chi connectivity index (χ3v) is 4.44. The van der Waals surface area contributed by atoms with E-state index in [-0.39, 0.29) is 5.91 Å². The minimum Gasteiger partial charge on any atom is -0.495 e. The summed E-state index contributed by atoms with van der Waals surface area (Å²) in [6, 6.07) is 7.52. The van der Waals surface area contributed by atoms with Crippen LogP contribution in [-0.2, 0) is 0 Å². The van der Waals surface area contributed by atoms with E-state index in [1.165, 1.54) is 11.3 Å². The standard InChI is InChI=1S/C13H12BrNO2S/c1-8-4-3-5-9(11(8)14)15-13(16)12-10(17-2)6-7-18-12/h3-7H,1-2H3,(H,15,16). The van der Waals surface area contributed by atoms with Crippen molar-refractivity contribution in [3.05, 3.63) is 44.6 Å². The van der Waals surface area contributed by atoms with Gasteiger partial charge in [0.2, 0.25) is 0 Å². The van der Waals surface area contributed by atoms with Gasteiger partial charge in [-0.15, -0.1) is 11.3 Å². The van der Waals surface area contributed by atoms with Crippen molar-refractivity contribution >= 4 is 38.9 Å². The van der Waals surface area contributed by atoms with Gasteiger partial charge in [-0.25, -0.2) is 0 Å². The van der Waals surface area contributed by atoms with Crippen LogP contribution in [0.5, 0.6) is 5.75 Å². The Morgan fingerprint density at radius 1 is 1.39 bits per heavy atom. The van der Waals surface area contributed by atoms with Crippen LogP contribution >= 0.6 is 27.3 Å². The van der Waals surface area contributed by atoms with Crippen molar-refractivity contribution < 1.29 is 9.53 Å². The van der Waals surface area contributed by atoms with Crippen LogP contribution < -0.4 is 10.1 Å². The molecule has 1 heterocycles. The largest absolute Gasteiger partial charge is 0.495 e. The summed E-state index contributed by atoms with van der Waals surface area (Å²) in [7, 11) is 1.56. The highest BCUT2D eigenvalue weighted by Gasteiger charge is 2.15. The molecule has 0 saturated heterocycles. The number of ether oxygens (including phenoxy) is 1. The molecule has 2 aromatic rings. The first-order valence-corrected chi connectivity index (χ1v) is 6.98. The van der Waals surface area contributed by atoms with E-state index in [1.54, 1.807) is 13.2 Å². The Balaban J connectivity index is 2.24. The third kappa shape index (κ3) is 2.57. The minimum absolute atomic E-state index is 0.159. The van der Waals surface area contributed by atoms with E-state index in [4.69, 9.17) is 4.74 Å². The molecule has 1 amide bonds. The number of benzene rings is 1. The molecule has 1 N–H and O–H groups in total. The average molecular weight is 326 g/mol. The first kappa shape index (κ1) is 13.1. The van der Waals surface area contributed by atoms with Gasteiger partial charge >= 0.3 is 0 Å². The Labute approximate surface area is 118 Å². The fourth-order valence-corrected chi connectivity index (χ4v) is 2.66. The molecule has 0 aliphatic heterocycles. The zero-order valence-corrected chi connectivity index (χ0v) is 12.4. The van der Waals surface area contributed by atoms with Gasteiger partial charge in [0, 0.05) is 4.47 Å². The van der Waals surface area contributed by atoms with Gasteiger partial charge in [0.05, 0.1) is 12.8 Å². The first-order valence-electron chi connectivity index (χ1n) is 5.31. The number of carbonyl (C=O) groups is 1. The molecule has 0 fully saturated rings. The highest BCUT2D eigenvalue weighted by atomic mass is 79.9. The number of hydrogen-bond acceptors (Lipinski definition) is 3. The SMILES string of the molecule is COc1ccsc1C(=O)Nc1cccc(C)c1Br. The van der Waals surface area contributed by atoms with Crippen LogP contribution in [0.25, 0.3) is 0 Å². The molecular formula is C13H12BrNO2S. The molecule has 5 heteroatoms. The summed E-state index contributed by atoms with van der Waals surface area (Å²) in [5, 5.41) is 4.71. The fourth-order valence-electron chi connectivity index (χ4n) is 1.55. The van der Waals surface area contributed by atoms with Crippen LogP contribution in [0.3, 0.4) is 0 Å². The molecule has 0 radical (unpaired) electrons. The highest BCUT2D eigenvalue weighted by Crippen LogP contribution is 2.29. The number of hydrogen-bond donors (Lipinski definition) is 1. The normalized spacial score (nSPS) is 10.2. The molecule has 0 aliphatic carbocycles. The van der Waals surface area contributed by atoms with E-state index in [1.807, 2.05) is 30.5 Å². The number of anilines is 1. The summed E-state index contributed by atoms with van der Waals surface area (Å²) in [5.74, 6) is 0.439. The Kier molecular flexibility index (Phi) is 4.04. The van der Waals surface area contributed by atoms with Crippen LogP contribution in [0.1, 0.15) is 15.2 Å². The van der Waals surface area contributed by atoms with Gasteiger partial charge in [-0.3, -0.25) is 4.79 Å². The number of methoxy groups -OCH3 is 1. The minimum atomic E-state index is -0.159. The molecular weight excluding hydrogens is 314 g/mol. The van der Waals surface area contributed by atoms with Crippen molar-refractivity contribution in [3.8, 4) is 5.75 Å². The molecule has 0 atom stereocenters. The van der Waals surface area contributed by atoms with Crippen LogP contribution in [0, 0.1) is 6.92 Å². The van der Waals surface area contributed by atoms with E-state index >= 15 is 0 Å². The number of carbonyl (C=O) groups excluding carboxylic acids is 1. The Morgan fingerprint density at radius 3 is 2.89 bits per heavy atom. The molecule has 0 saturated carbocycles.